The second-order valence-corrected chi connectivity index (χ2v) is 5.48. The summed E-state index contributed by atoms with van der Waals surface area (Å²) in [6.07, 6.45) is 0. The van der Waals surface area contributed by atoms with Crippen molar-refractivity contribution < 1.29 is 9.47 Å². The van der Waals surface area contributed by atoms with Crippen LogP contribution in [-0.4, -0.2) is 38.9 Å². The number of para-hydroxylation sites is 1. The third-order valence-corrected chi connectivity index (χ3v) is 3.41. The Balaban J connectivity index is 1.89. The van der Waals surface area contributed by atoms with Crippen LogP contribution in [0.5, 0.6) is 5.75 Å². The molecule has 2 aromatic rings. The number of hydrogen-bond donors (Lipinski definition) is 2. The predicted molar refractivity (Wildman–Crippen MR) is 98.3 cm³/mol. The summed E-state index contributed by atoms with van der Waals surface area (Å²) in [5.74, 6) is 1.25. The quantitative estimate of drug-likeness (QED) is 0.444. The van der Waals surface area contributed by atoms with E-state index in [1.165, 1.54) is 0 Å². The van der Waals surface area contributed by atoms with Crippen LogP contribution in [0.2, 0.25) is 0 Å². The molecule has 0 bridgehead atoms. The van der Waals surface area contributed by atoms with Gasteiger partial charge in [-0.15, -0.1) is 0 Å². The summed E-state index contributed by atoms with van der Waals surface area (Å²) in [4.78, 5) is 4.27. The van der Waals surface area contributed by atoms with Gasteiger partial charge >= 0.3 is 0 Å². The van der Waals surface area contributed by atoms with E-state index in [-0.39, 0.29) is 6.04 Å². The first-order valence-corrected chi connectivity index (χ1v) is 8.03. The van der Waals surface area contributed by atoms with Crippen molar-refractivity contribution in [1.82, 2.24) is 5.32 Å². The maximum atomic E-state index is 5.88. The molecule has 3 N–H and O–H groups in total. The number of aliphatic imine (C=N–C) groups is 1. The fourth-order valence-electron chi connectivity index (χ4n) is 2.36. The van der Waals surface area contributed by atoms with Gasteiger partial charge in [-0.25, -0.2) is 4.99 Å². The molecule has 2 aromatic carbocycles. The summed E-state index contributed by atoms with van der Waals surface area (Å²) in [6, 6.07) is 18.3. The van der Waals surface area contributed by atoms with Gasteiger partial charge in [0.2, 0.25) is 0 Å². The van der Waals surface area contributed by atoms with Gasteiger partial charge in [-0.3, -0.25) is 0 Å². The molecular weight excluding hydrogens is 302 g/mol. The highest BCUT2D eigenvalue weighted by Crippen LogP contribution is 2.29. The fourth-order valence-corrected chi connectivity index (χ4v) is 2.36. The molecule has 0 amide bonds. The monoisotopic (exact) mass is 327 g/mol. The molecule has 5 heteroatoms. The third-order valence-electron chi connectivity index (χ3n) is 3.41. The van der Waals surface area contributed by atoms with E-state index in [1.54, 1.807) is 7.11 Å². The Kier molecular flexibility index (Phi) is 7.11. The number of nitrogens with one attached hydrogen (secondary N) is 1. The molecule has 0 aliphatic heterocycles. The lowest BCUT2D eigenvalue weighted by Crippen LogP contribution is -2.40. The van der Waals surface area contributed by atoms with Crippen LogP contribution in [-0.2, 0) is 4.74 Å². The van der Waals surface area contributed by atoms with Gasteiger partial charge in [-0.2, -0.15) is 0 Å². The number of benzene rings is 2. The Labute approximate surface area is 143 Å². The average molecular weight is 327 g/mol. The lowest BCUT2D eigenvalue weighted by Gasteiger charge is -2.13. The number of nitrogens with zero attached hydrogens (tertiary/aromatic N) is 1. The van der Waals surface area contributed by atoms with Crippen LogP contribution in [0.4, 0.5) is 0 Å². The Morgan fingerprint density at radius 3 is 2.58 bits per heavy atom. The molecule has 0 aliphatic rings. The smallest absolute Gasteiger partial charge is 0.188 e. The van der Waals surface area contributed by atoms with Crippen LogP contribution < -0.4 is 15.8 Å². The Bertz CT molecular complexity index is 644. The van der Waals surface area contributed by atoms with Crippen LogP contribution in [0.1, 0.15) is 6.92 Å². The number of ether oxygens (including phenoxy) is 2. The lowest BCUT2D eigenvalue weighted by atomic mass is 10.1. The molecule has 0 saturated heterocycles. The summed E-state index contributed by atoms with van der Waals surface area (Å²) in [7, 11) is 1.66. The molecule has 0 aromatic heterocycles. The van der Waals surface area contributed by atoms with Crippen molar-refractivity contribution in [2.75, 3.05) is 26.9 Å². The first-order valence-electron chi connectivity index (χ1n) is 8.03. The second-order valence-electron chi connectivity index (χ2n) is 5.48. The Hall–Kier alpha value is -2.53. The minimum atomic E-state index is 0.124. The van der Waals surface area contributed by atoms with Crippen molar-refractivity contribution in [3.05, 3.63) is 54.6 Å². The number of hydrogen-bond acceptors (Lipinski definition) is 3. The molecule has 0 saturated carbocycles. The van der Waals surface area contributed by atoms with Gasteiger partial charge in [0.25, 0.3) is 0 Å². The first kappa shape index (κ1) is 17.8. The van der Waals surface area contributed by atoms with Gasteiger partial charge in [0, 0.05) is 18.7 Å². The van der Waals surface area contributed by atoms with Crippen molar-refractivity contribution >= 4 is 5.96 Å². The van der Waals surface area contributed by atoms with E-state index in [9.17, 15) is 0 Å². The highest BCUT2D eigenvalue weighted by Gasteiger charge is 2.05. The molecule has 2 rings (SSSR count). The topological polar surface area (TPSA) is 68.9 Å². The molecule has 1 unspecified atom stereocenters. The fraction of sp³-hybridized carbons (Fsp3) is 0.316. The lowest BCUT2D eigenvalue weighted by molar-refractivity contribution is 0.179. The van der Waals surface area contributed by atoms with Crippen LogP contribution in [0.15, 0.2) is 59.6 Å². The molecule has 0 radical (unpaired) electrons. The molecule has 0 fully saturated rings. The van der Waals surface area contributed by atoms with E-state index in [0.29, 0.717) is 25.7 Å². The van der Waals surface area contributed by atoms with E-state index < -0.39 is 0 Å². The van der Waals surface area contributed by atoms with Crippen LogP contribution in [0.3, 0.4) is 0 Å². The molecule has 24 heavy (non-hydrogen) atoms. The highest BCUT2D eigenvalue weighted by atomic mass is 16.5. The maximum Gasteiger partial charge on any atom is 0.188 e. The number of guanidine groups is 1. The van der Waals surface area contributed by atoms with E-state index in [1.807, 2.05) is 43.3 Å². The van der Waals surface area contributed by atoms with Gasteiger partial charge in [0.05, 0.1) is 13.2 Å². The zero-order valence-electron chi connectivity index (χ0n) is 14.2. The minimum absolute atomic E-state index is 0.124. The standard InChI is InChI=1S/C19H25N3O2/c1-15(14-23-2)22-19(20)21-12-13-24-18-11-7-6-10-17(18)16-8-4-3-5-9-16/h3-11,15H,12-14H2,1-2H3,(H3,20,21,22). The Morgan fingerprint density at radius 1 is 1.12 bits per heavy atom. The minimum Gasteiger partial charge on any atom is -0.491 e. The summed E-state index contributed by atoms with van der Waals surface area (Å²) in [5, 5.41) is 3.06. The summed E-state index contributed by atoms with van der Waals surface area (Å²) >= 11 is 0. The summed E-state index contributed by atoms with van der Waals surface area (Å²) in [6.45, 7) is 3.52. The van der Waals surface area contributed by atoms with Gasteiger partial charge < -0.3 is 20.5 Å². The molecule has 1 atom stereocenters. The average Bonchev–Trinajstić information content (AvgIpc) is 2.60. The second kappa shape index (κ2) is 9.57. The number of rotatable bonds is 8. The van der Waals surface area contributed by atoms with Gasteiger partial charge in [0.1, 0.15) is 12.4 Å². The molecule has 0 spiro atoms. The van der Waals surface area contributed by atoms with Gasteiger partial charge in [-0.05, 0) is 18.6 Å². The summed E-state index contributed by atoms with van der Waals surface area (Å²) in [5.41, 5.74) is 8.03. The largest absolute Gasteiger partial charge is 0.491 e. The molecule has 0 heterocycles. The van der Waals surface area contributed by atoms with Crippen molar-refractivity contribution in [3.8, 4) is 16.9 Å². The Morgan fingerprint density at radius 2 is 1.83 bits per heavy atom. The number of methoxy groups -OCH3 is 1. The van der Waals surface area contributed by atoms with E-state index in [4.69, 9.17) is 15.2 Å². The van der Waals surface area contributed by atoms with Crippen LogP contribution >= 0.6 is 0 Å². The zero-order chi connectivity index (χ0) is 17.2. The molecular formula is C19H25N3O2. The van der Waals surface area contributed by atoms with Crippen LogP contribution in [0.25, 0.3) is 11.1 Å². The predicted octanol–water partition coefficient (Wildman–Crippen LogP) is 2.67. The van der Waals surface area contributed by atoms with E-state index in [0.717, 1.165) is 16.9 Å². The normalized spacial score (nSPS) is 12.7. The zero-order valence-corrected chi connectivity index (χ0v) is 14.2. The van der Waals surface area contributed by atoms with Crippen molar-refractivity contribution in [2.45, 2.75) is 13.0 Å². The van der Waals surface area contributed by atoms with E-state index in [2.05, 4.69) is 28.5 Å². The molecule has 128 valence electrons. The summed E-state index contributed by atoms with van der Waals surface area (Å²) < 4.78 is 10.9. The maximum absolute atomic E-state index is 5.88. The highest BCUT2D eigenvalue weighted by molar-refractivity contribution is 5.78. The first-order chi connectivity index (χ1) is 11.7. The van der Waals surface area contributed by atoms with Crippen molar-refractivity contribution in [1.29, 1.82) is 0 Å². The number of nitrogens with two attached hydrogens (primary N) is 1. The van der Waals surface area contributed by atoms with Crippen molar-refractivity contribution in [3.63, 3.8) is 0 Å². The van der Waals surface area contributed by atoms with Gasteiger partial charge in [0.15, 0.2) is 5.96 Å². The third kappa shape index (κ3) is 5.59. The van der Waals surface area contributed by atoms with E-state index >= 15 is 0 Å². The van der Waals surface area contributed by atoms with Gasteiger partial charge in [-0.1, -0.05) is 48.5 Å². The SMILES string of the molecule is COCC(C)NC(N)=NCCOc1ccccc1-c1ccccc1. The molecule has 0 aliphatic carbocycles. The molecule has 5 nitrogen and oxygen atoms in total. The van der Waals surface area contributed by atoms with Crippen LogP contribution in [0, 0.1) is 0 Å². The van der Waals surface area contributed by atoms with Crippen molar-refractivity contribution in [2.24, 2.45) is 10.7 Å².